The molecular formula is C27H33N3O3. The van der Waals surface area contributed by atoms with Crippen molar-refractivity contribution in [1.82, 2.24) is 15.5 Å². The number of methoxy groups -OCH3 is 1. The number of nitrogens with zero attached hydrogens (tertiary/aromatic N) is 2. The average Bonchev–Trinajstić information content (AvgIpc) is 2.88. The van der Waals surface area contributed by atoms with E-state index in [-0.39, 0.29) is 6.10 Å². The SMILES string of the molecule is CCCCc1nnc(OC2CCNCC2)cc1-c1ccc(OCc2ccccc2)c(OC)c1. The Morgan fingerprint density at radius 1 is 0.970 bits per heavy atom. The van der Waals surface area contributed by atoms with Gasteiger partial charge in [0.25, 0.3) is 0 Å². The van der Waals surface area contributed by atoms with Crippen LogP contribution in [0.25, 0.3) is 11.1 Å². The molecule has 4 rings (SSSR count). The van der Waals surface area contributed by atoms with Crippen molar-refractivity contribution in [2.24, 2.45) is 0 Å². The monoisotopic (exact) mass is 447 g/mol. The summed E-state index contributed by atoms with van der Waals surface area (Å²) in [7, 11) is 1.67. The number of hydrogen-bond donors (Lipinski definition) is 1. The van der Waals surface area contributed by atoms with Gasteiger partial charge in [-0.2, -0.15) is 5.10 Å². The minimum Gasteiger partial charge on any atom is -0.493 e. The van der Waals surface area contributed by atoms with Crippen LogP contribution in [-0.4, -0.2) is 36.5 Å². The van der Waals surface area contributed by atoms with Crippen molar-refractivity contribution in [2.75, 3.05) is 20.2 Å². The first-order chi connectivity index (χ1) is 16.3. The van der Waals surface area contributed by atoms with Crippen LogP contribution in [0.2, 0.25) is 0 Å². The van der Waals surface area contributed by atoms with Gasteiger partial charge in [-0.25, -0.2) is 0 Å². The zero-order chi connectivity index (χ0) is 22.9. The number of unbranched alkanes of at least 4 members (excludes halogenated alkanes) is 1. The summed E-state index contributed by atoms with van der Waals surface area (Å²) in [4.78, 5) is 0. The van der Waals surface area contributed by atoms with Crippen LogP contribution in [0.1, 0.15) is 43.9 Å². The Balaban J connectivity index is 1.58. The number of benzene rings is 2. The van der Waals surface area contributed by atoms with Gasteiger partial charge in [-0.3, -0.25) is 0 Å². The van der Waals surface area contributed by atoms with Gasteiger partial charge in [0.2, 0.25) is 5.88 Å². The Morgan fingerprint density at radius 3 is 2.55 bits per heavy atom. The third kappa shape index (κ3) is 6.23. The smallest absolute Gasteiger partial charge is 0.234 e. The summed E-state index contributed by atoms with van der Waals surface area (Å²) in [5, 5.41) is 12.3. The Hall–Kier alpha value is -3.12. The number of aryl methyl sites for hydroxylation is 1. The number of piperidine rings is 1. The Labute approximate surface area is 196 Å². The molecule has 33 heavy (non-hydrogen) atoms. The minimum absolute atomic E-state index is 0.179. The molecule has 2 heterocycles. The van der Waals surface area contributed by atoms with E-state index in [1.54, 1.807) is 7.11 Å². The van der Waals surface area contributed by atoms with Crippen LogP contribution in [0.4, 0.5) is 0 Å². The van der Waals surface area contributed by atoms with E-state index in [0.29, 0.717) is 24.0 Å². The summed E-state index contributed by atoms with van der Waals surface area (Å²) in [5.74, 6) is 2.00. The summed E-state index contributed by atoms with van der Waals surface area (Å²) < 4.78 is 17.9. The molecule has 1 N–H and O–H groups in total. The highest BCUT2D eigenvalue weighted by Crippen LogP contribution is 2.35. The fraction of sp³-hybridized carbons (Fsp3) is 0.407. The van der Waals surface area contributed by atoms with Gasteiger partial charge < -0.3 is 19.5 Å². The zero-order valence-corrected chi connectivity index (χ0v) is 19.5. The Bertz CT molecular complexity index is 1020. The number of aromatic nitrogens is 2. The fourth-order valence-corrected chi connectivity index (χ4v) is 4.01. The number of rotatable bonds is 10. The third-order valence-corrected chi connectivity index (χ3v) is 5.90. The van der Waals surface area contributed by atoms with E-state index in [9.17, 15) is 0 Å². The van der Waals surface area contributed by atoms with Gasteiger partial charge in [-0.05, 0) is 62.0 Å². The molecule has 0 unspecified atom stereocenters. The van der Waals surface area contributed by atoms with E-state index in [1.165, 1.54) is 0 Å². The largest absolute Gasteiger partial charge is 0.493 e. The Kier molecular flexibility index (Phi) is 8.14. The summed E-state index contributed by atoms with van der Waals surface area (Å²) in [6.07, 6.45) is 5.18. The molecule has 1 fully saturated rings. The predicted molar refractivity (Wildman–Crippen MR) is 130 cm³/mol. The predicted octanol–water partition coefficient (Wildman–Crippen LogP) is 5.20. The molecule has 1 aliphatic heterocycles. The van der Waals surface area contributed by atoms with E-state index in [2.05, 4.69) is 28.5 Å². The standard InChI is InChI=1S/C27H33N3O3/c1-3-4-10-24-23(18-27(30-29-24)33-22-13-15-28-16-14-22)21-11-12-25(26(17-21)31-2)32-19-20-8-6-5-7-9-20/h5-9,11-12,17-18,22,28H,3-4,10,13-16,19H2,1-2H3. The molecule has 174 valence electrons. The van der Waals surface area contributed by atoms with Gasteiger partial charge in [0.05, 0.1) is 12.8 Å². The number of ether oxygens (including phenoxy) is 3. The molecule has 0 atom stereocenters. The van der Waals surface area contributed by atoms with E-state index in [0.717, 1.165) is 67.6 Å². The fourth-order valence-electron chi connectivity index (χ4n) is 4.01. The molecule has 2 aromatic carbocycles. The molecule has 6 heteroatoms. The topological polar surface area (TPSA) is 65.5 Å². The quantitative estimate of drug-likeness (QED) is 0.461. The maximum atomic E-state index is 6.18. The van der Waals surface area contributed by atoms with E-state index >= 15 is 0 Å². The maximum Gasteiger partial charge on any atom is 0.234 e. The summed E-state index contributed by atoms with van der Waals surface area (Å²) in [6.45, 7) is 4.62. The molecule has 3 aromatic rings. The highest BCUT2D eigenvalue weighted by Gasteiger charge is 2.18. The second-order valence-electron chi connectivity index (χ2n) is 8.35. The summed E-state index contributed by atoms with van der Waals surface area (Å²) in [6, 6.07) is 18.2. The molecule has 1 aliphatic rings. The van der Waals surface area contributed by atoms with Crippen molar-refractivity contribution < 1.29 is 14.2 Å². The van der Waals surface area contributed by atoms with Crippen molar-refractivity contribution in [3.8, 4) is 28.5 Å². The molecule has 1 saturated heterocycles. The molecular weight excluding hydrogens is 414 g/mol. The number of hydrogen-bond acceptors (Lipinski definition) is 6. The van der Waals surface area contributed by atoms with Crippen LogP contribution in [0.3, 0.4) is 0 Å². The lowest BCUT2D eigenvalue weighted by atomic mass is 10.0. The van der Waals surface area contributed by atoms with Crippen molar-refractivity contribution in [3.05, 3.63) is 65.9 Å². The van der Waals surface area contributed by atoms with Crippen LogP contribution < -0.4 is 19.5 Å². The number of nitrogens with one attached hydrogen (secondary N) is 1. The maximum absolute atomic E-state index is 6.18. The van der Waals surface area contributed by atoms with Gasteiger partial charge in [-0.1, -0.05) is 49.7 Å². The van der Waals surface area contributed by atoms with Crippen LogP contribution in [-0.2, 0) is 13.0 Å². The third-order valence-electron chi connectivity index (χ3n) is 5.90. The molecule has 0 bridgehead atoms. The van der Waals surface area contributed by atoms with Crippen molar-refractivity contribution in [3.63, 3.8) is 0 Å². The molecule has 0 radical (unpaired) electrons. The zero-order valence-electron chi connectivity index (χ0n) is 19.5. The molecule has 1 aromatic heterocycles. The molecule has 0 saturated carbocycles. The van der Waals surface area contributed by atoms with Crippen LogP contribution in [0.5, 0.6) is 17.4 Å². The van der Waals surface area contributed by atoms with E-state index in [1.807, 2.05) is 48.5 Å². The second kappa shape index (κ2) is 11.7. The normalized spacial score (nSPS) is 14.1. The summed E-state index contributed by atoms with van der Waals surface area (Å²) in [5.41, 5.74) is 4.16. The molecule has 0 amide bonds. The van der Waals surface area contributed by atoms with Gasteiger partial charge in [0.1, 0.15) is 12.7 Å². The van der Waals surface area contributed by atoms with Gasteiger partial charge in [-0.15, -0.1) is 5.10 Å². The second-order valence-corrected chi connectivity index (χ2v) is 8.35. The lowest BCUT2D eigenvalue weighted by Crippen LogP contribution is -2.34. The Morgan fingerprint density at radius 2 is 1.79 bits per heavy atom. The van der Waals surface area contributed by atoms with Crippen LogP contribution >= 0.6 is 0 Å². The van der Waals surface area contributed by atoms with Crippen molar-refractivity contribution in [1.29, 1.82) is 0 Å². The van der Waals surface area contributed by atoms with Crippen molar-refractivity contribution >= 4 is 0 Å². The first-order valence-corrected chi connectivity index (χ1v) is 11.9. The minimum atomic E-state index is 0.179. The molecule has 0 spiro atoms. The lowest BCUT2D eigenvalue weighted by molar-refractivity contribution is 0.154. The molecule has 6 nitrogen and oxygen atoms in total. The van der Waals surface area contributed by atoms with E-state index in [4.69, 9.17) is 14.2 Å². The van der Waals surface area contributed by atoms with E-state index < -0.39 is 0 Å². The summed E-state index contributed by atoms with van der Waals surface area (Å²) >= 11 is 0. The van der Waals surface area contributed by atoms with Gasteiger partial charge >= 0.3 is 0 Å². The highest BCUT2D eigenvalue weighted by molar-refractivity contribution is 5.70. The van der Waals surface area contributed by atoms with Gasteiger partial charge in [0, 0.05) is 11.6 Å². The molecule has 0 aliphatic carbocycles. The first-order valence-electron chi connectivity index (χ1n) is 11.9. The average molecular weight is 448 g/mol. The van der Waals surface area contributed by atoms with Crippen molar-refractivity contribution in [2.45, 2.75) is 51.7 Å². The van der Waals surface area contributed by atoms with Crippen LogP contribution in [0.15, 0.2) is 54.6 Å². The van der Waals surface area contributed by atoms with Gasteiger partial charge in [0.15, 0.2) is 11.5 Å². The first kappa shape index (κ1) is 23.1. The van der Waals surface area contributed by atoms with Crippen LogP contribution in [0, 0.1) is 0 Å². The lowest BCUT2D eigenvalue weighted by Gasteiger charge is -2.23. The highest BCUT2D eigenvalue weighted by atomic mass is 16.5.